The van der Waals surface area contributed by atoms with Gasteiger partial charge in [0.15, 0.2) is 0 Å². The van der Waals surface area contributed by atoms with Crippen molar-refractivity contribution in [3.63, 3.8) is 0 Å². The third-order valence-corrected chi connectivity index (χ3v) is 9.12. The smallest absolute Gasteiger partial charge is 0.313 e. The zero-order chi connectivity index (χ0) is 18.8. The third-order valence-electron chi connectivity index (χ3n) is 9.12. The minimum absolute atomic E-state index is 0.00881. The molecule has 0 aliphatic heterocycles. The van der Waals surface area contributed by atoms with Gasteiger partial charge in [-0.3, -0.25) is 9.59 Å². The molecule has 8 atom stereocenters. The molecule has 6 fully saturated rings. The van der Waals surface area contributed by atoms with Gasteiger partial charge in [0, 0.05) is 0 Å². The highest BCUT2D eigenvalue weighted by Gasteiger charge is 2.96. The Bertz CT molecular complexity index is 861. The van der Waals surface area contributed by atoms with Crippen molar-refractivity contribution in [2.45, 2.75) is 24.9 Å². The monoisotopic (exact) mass is 368 g/mol. The lowest BCUT2D eigenvalue weighted by molar-refractivity contribution is -0.180. The fraction of sp³-hybridized carbons (Fsp3) is 0.636. The second-order valence-electron chi connectivity index (χ2n) is 9.37. The highest BCUT2D eigenvalue weighted by molar-refractivity contribution is 5.90. The van der Waals surface area contributed by atoms with Gasteiger partial charge in [-0.25, -0.2) is 0 Å². The summed E-state index contributed by atoms with van der Waals surface area (Å²) in [6.45, 7) is 0. The first-order valence-electron chi connectivity index (χ1n) is 9.92. The summed E-state index contributed by atoms with van der Waals surface area (Å²) in [5.41, 5.74) is -0.759. The van der Waals surface area contributed by atoms with Gasteiger partial charge in [-0.1, -0.05) is 30.3 Å². The number of methoxy groups -OCH3 is 2. The van der Waals surface area contributed by atoms with Crippen LogP contribution in [0, 0.1) is 46.3 Å². The molecule has 1 aromatic carbocycles. The number of esters is 2. The first-order valence-corrected chi connectivity index (χ1v) is 9.92. The number of ether oxygens (including phenoxy) is 2. The molecule has 0 unspecified atom stereocenters. The summed E-state index contributed by atoms with van der Waals surface area (Å²) < 4.78 is 10.5. The molecule has 27 heavy (non-hydrogen) atoms. The maximum absolute atomic E-state index is 13.2. The van der Waals surface area contributed by atoms with Gasteiger partial charge in [-0.05, 0) is 59.8 Å². The normalized spacial score (nSPS) is 49.0. The predicted molar refractivity (Wildman–Crippen MR) is 94.0 cm³/mol. The van der Waals surface area contributed by atoms with Crippen molar-refractivity contribution >= 4 is 11.9 Å². The van der Waals surface area contributed by atoms with Crippen LogP contribution in [0.4, 0.5) is 0 Å². The molecular formula is C22H24O5. The van der Waals surface area contributed by atoms with E-state index in [-0.39, 0.29) is 46.9 Å². The van der Waals surface area contributed by atoms with Crippen LogP contribution in [0.5, 0.6) is 0 Å². The van der Waals surface area contributed by atoms with Crippen molar-refractivity contribution < 1.29 is 24.2 Å². The Morgan fingerprint density at radius 2 is 1.78 bits per heavy atom. The molecule has 1 aromatic rings. The van der Waals surface area contributed by atoms with Gasteiger partial charge in [-0.2, -0.15) is 0 Å². The quantitative estimate of drug-likeness (QED) is 0.828. The van der Waals surface area contributed by atoms with Crippen molar-refractivity contribution in [3.8, 4) is 0 Å². The number of hydrogen-bond acceptors (Lipinski definition) is 5. The number of aliphatic hydroxyl groups is 1. The highest BCUT2D eigenvalue weighted by atomic mass is 16.5. The van der Waals surface area contributed by atoms with Crippen molar-refractivity contribution in [2.75, 3.05) is 14.2 Å². The minimum atomic E-state index is -0.912. The molecule has 6 bridgehead atoms. The van der Waals surface area contributed by atoms with Crippen molar-refractivity contribution in [1.82, 2.24) is 0 Å². The second-order valence-corrected chi connectivity index (χ2v) is 9.37. The molecule has 7 rings (SSSR count). The van der Waals surface area contributed by atoms with Gasteiger partial charge in [0.2, 0.25) is 0 Å². The Balaban J connectivity index is 1.54. The summed E-state index contributed by atoms with van der Waals surface area (Å²) in [6, 6.07) is 9.87. The molecule has 5 heteroatoms. The number of rotatable bonds is 3. The van der Waals surface area contributed by atoms with Crippen LogP contribution in [0.1, 0.15) is 24.8 Å². The molecule has 0 amide bonds. The Morgan fingerprint density at radius 3 is 2.37 bits per heavy atom. The average molecular weight is 368 g/mol. The van der Waals surface area contributed by atoms with Crippen LogP contribution >= 0.6 is 0 Å². The van der Waals surface area contributed by atoms with E-state index in [9.17, 15) is 14.7 Å². The number of carbonyl (C=O) groups excluding carboxylic acids is 2. The van der Waals surface area contributed by atoms with E-state index in [0.717, 1.165) is 18.4 Å². The maximum atomic E-state index is 13.2. The minimum Gasteiger partial charge on any atom is -0.469 e. The topological polar surface area (TPSA) is 72.8 Å². The van der Waals surface area contributed by atoms with Crippen molar-refractivity contribution in [1.29, 1.82) is 0 Å². The van der Waals surface area contributed by atoms with Gasteiger partial charge in [0.1, 0.15) is 0 Å². The Labute approximate surface area is 158 Å². The molecule has 0 saturated heterocycles. The molecular weight excluding hydrogens is 344 g/mol. The number of carbonyl (C=O) groups is 2. The lowest BCUT2D eigenvalue weighted by atomic mass is 9.57. The number of hydrogen-bond donors (Lipinski definition) is 1. The van der Waals surface area contributed by atoms with Crippen LogP contribution < -0.4 is 0 Å². The summed E-state index contributed by atoms with van der Waals surface area (Å²) in [5.74, 6) is -0.567. The lowest BCUT2D eigenvalue weighted by Gasteiger charge is -2.47. The van der Waals surface area contributed by atoms with E-state index in [0.29, 0.717) is 6.42 Å². The fourth-order valence-electron chi connectivity index (χ4n) is 8.74. The van der Waals surface area contributed by atoms with E-state index in [2.05, 4.69) is 0 Å². The standard InChI is InChI=1S/C22H24O5/c1-26-18(23)16-14-13-12-10-21(25,11-6-4-3-5-7-11)15(13)17(20(14)8-9-20)22(12,16)19(24)27-2/h3-7,12-17,25H,8-10H2,1-2H3/t12-,13+,14+,15+,16+,17+,21-,22+/m0/s1. The molecule has 142 valence electrons. The fourth-order valence-corrected chi connectivity index (χ4v) is 8.74. The van der Waals surface area contributed by atoms with Gasteiger partial charge in [0.05, 0.1) is 31.2 Å². The molecule has 6 aliphatic rings. The number of benzene rings is 1. The average Bonchev–Trinajstić information content (AvgIpc) is 3.02. The van der Waals surface area contributed by atoms with Gasteiger partial charge >= 0.3 is 11.9 Å². The van der Waals surface area contributed by atoms with Crippen LogP contribution in [0.2, 0.25) is 0 Å². The molecule has 5 nitrogen and oxygen atoms in total. The van der Waals surface area contributed by atoms with Gasteiger partial charge in [0.25, 0.3) is 0 Å². The first-order chi connectivity index (χ1) is 13.0. The van der Waals surface area contributed by atoms with Crippen molar-refractivity contribution in [2.24, 2.45) is 46.3 Å². The Kier molecular flexibility index (Phi) is 2.73. The van der Waals surface area contributed by atoms with E-state index >= 15 is 0 Å². The second kappa shape index (κ2) is 4.57. The zero-order valence-electron chi connectivity index (χ0n) is 15.6. The van der Waals surface area contributed by atoms with E-state index < -0.39 is 16.9 Å². The summed E-state index contributed by atoms with van der Waals surface area (Å²) in [6.07, 6.45) is 2.61. The SMILES string of the molecule is COC(=O)[C@H]1[C@H]2[C@@H]3[C@@H]4[C@H](C25CC5)[C@@]1(C(=O)OC)[C@H]3C[C@]4(O)c1ccccc1. The third kappa shape index (κ3) is 1.39. The highest BCUT2D eigenvalue weighted by Crippen LogP contribution is 2.94. The van der Waals surface area contributed by atoms with Crippen LogP contribution in [-0.2, 0) is 24.7 Å². The molecule has 0 heterocycles. The summed E-state index contributed by atoms with van der Waals surface area (Å²) in [7, 11) is 2.83. The van der Waals surface area contributed by atoms with Crippen LogP contribution in [0.3, 0.4) is 0 Å². The molecule has 0 aromatic heterocycles. The molecule has 1 N–H and O–H groups in total. The largest absolute Gasteiger partial charge is 0.469 e. The summed E-state index contributed by atoms with van der Waals surface area (Å²) in [4.78, 5) is 26.0. The molecule has 0 radical (unpaired) electrons. The van der Waals surface area contributed by atoms with Gasteiger partial charge < -0.3 is 14.6 Å². The van der Waals surface area contributed by atoms with E-state index in [1.807, 2.05) is 30.3 Å². The molecule has 6 saturated carbocycles. The summed E-state index contributed by atoms with van der Waals surface area (Å²) in [5, 5.41) is 11.8. The Hall–Kier alpha value is -1.88. The predicted octanol–water partition coefficient (Wildman–Crippen LogP) is 2.13. The lowest BCUT2D eigenvalue weighted by Crippen LogP contribution is -2.54. The molecule has 6 aliphatic carbocycles. The van der Waals surface area contributed by atoms with E-state index in [1.54, 1.807) is 0 Å². The van der Waals surface area contributed by atoms with E-state index in [1.165, 1.54) is 14.2 Å². The van der Waals surface area contributed by atoms with Crippen LogP contribution in [0.15, 0.2) is 30.3 Å². The van der Waals surface area contributed by atoms with Crippen LogP contribution in [0.25, 0.3) is 0 Å². The first kappa shape index (κ1) is 16.1. The van der Waals surface area contributed by atoms with E-state index in [4.69, 9.17) is 9.47 Å². The van der Waals surface area contributed by atoms with Gasteiger partial charge in [-0.15, -0.1) is 0 Å². The zero-order valence-corrected chi connectivity index (χ0v) is 15.6. The Morgan fingerprint density at radius 1 is 1.07 bits per heavy atom. The molecule has 1 spiro atoms. The maximum Gasteiger partial charge on any atom is 0.313 e. The summed E-state index contributed by atoms with van der Waals surface area (Å²) >= 11 is 0. The van der Waals surface area contributed by atoms with Crippen molar-refractivity contribution in [3.05, 3.63) is 35.9 Å². The van der Waals surface area contributed by atoms with Crippen LogP contribution in [-0.4, -0.2) is 31.3 Å².